The van der Waals surface area contributed by atoms with Gasteiger partial charge in [0.05, 0.1) is 6.61 Å². The summed E-state index contributed by atoms with van der Waals surface area (Å²) in [6.45, 7) is 4.76. The Morgan fingerprint density at radius 2 is 2.20 bits per heavy atom. The summed E-state index contributed by atoms with van der Waals surface area (Å²) in [5.41, 5.74) is 1.08. The molecule has 1 atom stereocenters. The van der Waals surface area contributed by atoms with Crippen LogP contribution in [-0.4, -0.2) is 34.5 Å². The van der Waals surface area contributed by atoms with Crippen molar-refractivity contribution in [2.24, 2.45) is 0 Å². The highest BCUT2D eigenvalue weighted by Crippen LogP contribution is 2.24. The predicted octanol–water partition coefficient (Wildman–Crippen LogP) is 2.13. The molecule has 2 heterocycles. The van der Waals surface area contributed by atoms with Gasteiger partial charge in [0.15, 0.2) is 0 Å². The quantitative estimate of drug-likeness (QED) is 0.926. The summed E-state index contributed by atoms with van der Waals surface area (Å²) in [6, 6.07) is 8.08. The van der Waals surface area contributed by atoms with E-state index in [9.17, 15) is 0 Å². The summed E-state index contributed by atoms with van der Waals surface area (Å²) in [4.78, 5) is 0. The van der Waals surface area contributed by atoms with Crippen molar-refractivity contribution < 1.29 is 4.74 Å². The Kier molecular flexibility index (Phi) is 3.97. The number of ether oxygens (including phenoxy) is 1. The van der Waals surface area contributed by atoms with Gasteiger partial charge in [-0.05, 0) is 50.6 Å². The first-order valence-corrected chi connectivity index (χ1v) is 7.22. The van der Waals surface area contributed by atoms with Gasteiger partial charge in [0.2, 0.25) is 0 Å². The molecule has 1 aliphatic rings. The molecular formula is C15H20N4O. The summed E-state index contributed by atoms with van der Waals surface area (Å²) in [7, 11) is 0. The number of hydrogen-bond acceptors (Lipinski definition) is 4. The maximum atomic E-state index is 5.47. The number of nitrogens with one attached hydrogen (secondary N) is 1. The minimum absolute atomic E-state index is 0.442. The van der Waals surface area contributed by atoms with E-state index in [4.69, 9.17) is 4.74 Å². The van der Waals surface area contributed by atoms with E-state index in [-0.39, 0.29) is 0 Å². The molecule has 1 unspecified atom stereocenters. The van der Waals surface area contributed by atoms with E-state index in [1.165, 1.54) is 12.8 Å². The zero-order valence-electron chi connectivity index (χ0n) is 11.7. The summed E-state index contributed by atoms with van der Waals surface area (Å²) in [5.74, 6) is 2.38. The third-order valence-electron chi connectivity index (χ3n) is 3.66. The first-order valence-electron chi connectivity index (χ1n) is 7.22. The molecule has 5 nitrogen and oxygen atoms in total. The SMILES string of the molecule is CCOc1ccc(-n2cnnc2C2CCCNC2)cc1. The van der Waals surface area contributed by atoms with Gasteiger partial charge in [-0.1, -0.05) is 0 Å². The van der Waals surface area contributed by atoms with E-state index < -0.39 is 0 Å². The monoisotopic (exact) mass is 272 g/mol. The second kappa shape index (κ2) is 6.05. The lowest BCUT2D eigenvalue weighted by atomic mass is 9.99. The van der Waals surface area contributed by atoms with E-state index in [2.05, 4.69) is 20.1 Å². The van der Waals surface area contributed by atoms with E-state index in [0.29, 0.717) is 12.5 Å². The Balaban J connectivity index is 1.84. The van der Waals surface area contributed by atoms with Gasteiger partial charge in [-0.3, -0.25) is 4.57 Å². The van der Waals surface area contributed by atoms with E-state index in [1.54, 1.807) is 6.33 Å². The van der Waals surface area contributed by atoms with Gasteiger partial charge in [0, 0.05) is 18.2 Å². The lowest BCUT2D eigenvalue weighted by Gasteiger charge is -2.22. The van der Waals surface area contributed by atoms with Crippen LogP contribution in [0.15, 0.2) is 30.6 Å². The van der Waals surface area contributed by atoms with Crippen LogP contribution < -0.4 is 10.1 Å². The number of rotatable bonds is 4. The Morgan fingerprint density at radius 3 is 2.90 bits per heavy atom. The van der Waals surface area contributed by atoms with Gasteiger partial charge in [0.25, 0.3) is 0 Å². The fourth-order valence-corrected chi connectivity index (χ4v) is 2.66. The van der Waals surface area contributed by atoms with Crippen molar-refractivity contribution in [2.45, 2.75) is 25.7 Å². The van der Waals surface area contributed by atoms with Crippen molar-refractivity contribution in [1.29, 1.82) is 0 Å². The van der Waals surface area contributed by atoms with Gasteiger partial charge < -0.3 is 10.1 Å². The molecule has 1 fully saturated rings. The minimum Gasteiger partial charge on any atom is -0.494 e. The molecule has 5 heteroatoms. The molecule has 0 radical (unpaired) electrons. The summed E-state index contributed by atoms with van der Waals surface area (Å²) >= 11 is 0. The highest BCUT2D eigenvalue weighted by molar-refractivity contribution is 5.38. The van der Waals surface area contributed by atoms with Crippen molar-refractivity contribution in [1.82, 2.24) is 20.1 Å². The highest BCUT2D eigenvalue weighted by atomic mass is 16.5. The highest BCUT2D eigenvalue weighted by Gasteiger charge is 2.21. The number of piperidine rings is 1. The van der Waals surface area contributed by atoms with Crippen LogP contribution in [-0.2, 0) is 0 Å². The molecule has 0 bridgehead atoms. The van der Waals surface area contributed by atoms with E-state index in [0.717, 1.165) is 30.4 Å². The molecule has 1 aromatic carbocycles. The van der Waals surface area contributed by atoms with Crippen molar-refractivity contribution in [3.05, 3.63) is 36.4 Å². The molecule has 1 aromatic heterocycles. The molecule has 0 aliphatic carbocycles. The summed E-state index contributed by atoms with van der Waals surface area (Å²) < 4.78 is 7.55. The van der Waals surface area contributed by atoms with E-state index in [1.807, 2.05) is 31.2 Å². The summed E-state index contributed by atoms with van der Waals surface area (Å²) in [6.07, 6.45) is 4.16. The number of nitrogens with zero attached hydrogens (tertiary/aromatic N) is 3. The molecule has 0 spiro atoms. The van der Waals surface area contributed by atoms with E-state index >= 15 is 0 Å². The van der Waals surface area contributed by atoms with Crippen molar-refractivity contribution >= 4 is 0 Å². The minimum atomic E-state index is 0.442. The second-order valence-electron chi connectivity index (χ2n) is 5.03. The van der Waals surface area contributed by atoms with Gasteiger partial charge in [-0.15, -0.1) is 10.2 Å². The van der Waals surface area contributed by atoms with Gasteiger partial charge in [-0.25, -0.2) is 0 Å². The zero-order valence-corrected chi connectivity index (χ0v) is 11.7. The van der Waals surface area contributed by atoms with Gasteiger partial charge >= 0.3 is 0 Å². The Labute approximate surface area is 119 Å². The zero-order chi connectivity index (χ0) is 13.8. The third-order valence-corrected chi connectivity index (χ3v) is 3.66. The number of hydrogen-bond donors (Lipinski definition) is 1. The maximum Gasteiger partial charge on any atom is 0.141 e. The molecule has 106 valence electrons. The summed E-state index contributed by atoms with van der Waals surface area (Å²) in [5, 5.41) is 11.8. The van der Waals surface area contributed by atoms with Gasteiger partial charge in [0.1, 0.15) is 17.9 Å². The molecular weight excluding hydrogens is 252 g/mol. The molecule has 1 saturated heterocycles. The van der Waals surface area contributed by atoms with Crippen LogP contribution in [0.25, 0.3) is 5.69 Å². The van der Waals surface area contributed by atoms with Crippen LogP contribution in [0.4, 0.5) is 0 Å². The Hall–Kier alpha value is -1.88. The number of aromatic nitrogens is 3. The largest absolute Gasteiger partial charge is 0.494 e. The van der Waals surface area contributed by atoms with Crippen molar-refractivity contribution in [2.75, 3.05) is 19.7 Å². The van der Waals surface area contributed by atoms with Crippen LogP contribution in [0, 0.1) is 0 Å². The average Bonchev–Trinajstić information content (AvgIpc) is 2.99. The van der Waals surface area contributed by atoms with Crippen LogP contribution in [0.1, 0.15) is 31.5 Å². The number of benzene rings is 1. The van der Waals surface area contributed by atoms with Crippen LogP contribution in [0.3, 0.4) is 0 Å². The molecule has 3 rings (SSSR count). The second-order valence-corrected chi connectivity index (χ2v) is 5.03. The fourth-order valence-electron chi connectivity index (χ4n) is 2.66. The molecule has 1 N–H and O–H groups in total. The van der Waals surface area contributed by atoms with Crippen LogP contribution in [0.2, 0.25) is 0 Å². The molecule has 2 aromatic rings. The normalized spacial score (nSPS) is 18.9. The molecule has 0 saturated carbocycles. The lowest BCUT2D eigenvalue weighted by Crippen LogP contribution is -2.29. The van der Waals surface area contributed by atoms with Crippen molar-refractivity contribution in [3.63, 3.8) is 0 Å². The standard InChI is InChI=1S/C15H20N4O/c1-2-20-14-7-5-13(6-8-14)19-11-17-18-15(19)12-4-3-9-16-10-12/h5-8,11-12,16H,2-4,9-10H2,1H3. The van der Waals surface area contributed by atoms with Crippen molar-refractivity contribution in [3.8, 4) is 11.4 Å². The molecule has 1 aliphatic heterocycles. The lowest BCUT2D eigenvalue weighted by molar-refractivity contribution is 0.340. The first kappa shape index (κ1) is 13.1. The maximum absolute atomic E-state index is 5.47. The predicted molar refractivity (Wildman–Crippen MR) is 77.4 cm³/mol. The average molecular weight is 272 g/mol. The van der Waals surface area contributed by atoms with Gasteiger partial charge in [-0.2, -0.15) is 0 Å². The molecule has 0 amide bonds. The van der Waals surface area contributed by atoms with Crippen LogP contribution >= 0.6 is 0 Å². The fraction of sp³-hybridized carbons (Fsp3) is 0.467. The van der Waals surface area contributed by atoms with Crippen LogP contribution in [0.5, 0.6) is 5.75 Å². The first-order chi connectivity index (χ1) is 9.88. The Morgan fingerprint density at radius 1 is 1.35 bits per heavy atom. The molecule has 20 heavy (non-hydrogen) atoms. The Bertz CT molecular complexity index is 543. The topological polar surface area (TPSA) is 52.0 Å². The smallest absolute Gasteiger partial charge is 0.141 e. The third kappa shape index (κ3) is 2.67.